The fourth-order valence-corrected chi connectivity index (χ4v) is 2.29. The van der Waals surface area contributed by atoms with Gasteiger partial charge in [-0.3, -0.25) is 14.9 Å². The number of nitrogens with zero attached hydrogens (tertiary/aromatic N) is 3. The summed E-state index contributed by atoms with van der Waals surface area (Å²) in [7, 11) is 0. The highest BCUT2D eigenvalue weighted by Gasteiger charge is 2.35. The van der Waals surface area contributed by atoms with Gasteiger partial charge < -0.3 is 14.2 Å². The van der Waals surface area contributed by atoms with E-state index < -0.39 is 16.5 Å². The Labute approximate surface area is 125 Å². The highest BCUT2D eigenvalue weighted by molar-refractivity contribution is 5.97. The molecule has 1 saturated heterocycles. The zero-order chi connectivity index (χ0) is 15.5. The fraction of sp³-hybridized carbons (Fsp3) is 0.286. The Morgan fingerprint density at radius 2 is 1.91 bits per heavy atom. The molecule has 1 aliphatic heterocycles. The summed E-state index contributed by atoms with van der Waals surface area (Å²) in [6, 6.07) is 8.60. The summed E-state index contributed by atoms with van der Waals surface area (Å²) in [6.07, 6.45) is 0. The van der Waals surface area contributed by atoms with Gasteiger partial charge in [-0.15, -0.1) is 0 Å². The molecule has 0 N–H and O–H groups in total. The predicted octanol–water partition coefficient (Wildman–Crippen LogP) is 1.72. The van der Waals surface area contributed by atoms with Crippen molar-refractivity contribution in [2.24, 2.45) is 0 Å². The molecule has 1 amide bonds. The Morgan fingerprint density at radius 3 is 2.55 bits per heavy atom. The number of ether oxygens (including phenoxy) is 1. The van der Waals surface area contributed by atoms with Gasteiger partial charge in [-0.25, -0.2) is 0 Å². The van der Waals surface area contributed by atoms with Crippen LogP contribution in [0.5, 0.6) is 0 Å². The molecule has 3 rings (SSSR count). The molecule has 2 aromatic rings. The van der Waals surface area contributed by atoms with Crippen molar-refractivity contribution in [3.63, 3.8) is 0 Å². The van der Waals surface area contributed by atoms with Gasteiger partial charge in [0.15, 0.2) is 5.69 Å². The third kappa shape index (κ3) is 2.56. The van der Waals surface area contributed by atoms with Crippen LogP contribution in [0.2, 0.25) is 0 Å². The minimum atomic E-state index is -0.632. The van der Waals surface area contributed by atoms with E-state index in [1.807, 2.05) is 0 Å². The Balaban J connectivity index is 2.00. The van der Waals surface area contributed by atoms with Gasteiger partial charge in [0, 0.05) is 18.7 Å². The molecule has 1 aromatic carbocycles. The highest BCUT2D eigenvalue weighted by Crippen LogP contribution is 2.32. The first-order chi connectivity index (χ1) is 10.7. The van der Waals surface area contributed by atoms with Gasteiger partial charge in [-0.1, -0.05) is 35.5 Å². The number of carbonyl (C=O) groups excluding carboxylic acids is 1. The van der Waals surface area contributed by atoms with E-state index in [9.17, 15) is 14.9 Å². The predicted molar refractivity (Wildman–Crippen MR) is 75.3 cm³/mol. The molecule has 0 saturated carbocycles. The maximum atomic E-state index is 12.4. The lowest BCUT2D eigenvalue weighted by atomic mass is 10.1. The average Bonchev–Trinajstić information content (AvgIpc) is 3.01. The lowest BCUT2D eigenvalue weighted by Crippen LogP contribution is -2.40. The SMILES string of the molecule is O=C(c1onc(-c2ccccc2)c1[N+](=O)[O-])N1CCOCC1. The Morgan fingerprint density at radius 1 is 1.23 bits per heavy atom. The standard InChI is InChI=1S/C14H13N3O5/c18-14(16-6-8-21-9-7-16)13-12(17(19)20)11(15-22-13)10-4-2-1-3-5-10/h1-5H,6-9H2. The molecule has 2 heterocycles. The van der Waals surface area contributed by atoms with Crippen LogP contribution in [0.4, 0.5) is 5.69 Å². The van der Waals surface area contributed by atoms with Crippen LogP contribution in [0.1, 0.15) is 10.6 Å². The number of amides is 1. The molecule has 1 fully saturated rings. The average molecular weight is 303 g/mol. The van der Waals surface area contributed by atoms with E-state index in [0.29, 0.717) is 31.9 Å². The van der Waals surface area contributed by atoms with Crippen LogP contribution in [0.3, 0.4) is 0 Å². The third-order valence-electron chi connectivity index (χ3n) is 3.39. The van der Waals surface area contributed by atoms with E-state index in [2.05, 4.69) is 5.16 Å². The van der Waals surface area contributed by atoms with Gasteiger partial charge in [-0.05, 0) is 0 Å². The molecule has 0 radical (unpaired) electrons. The Hall–Kier alpha value is -2.74. The molecule has 114 valence electrons. The van der Waals surface area contributed by atoms with Crippen LogP contribution >= 0.6 is 0 Å². The largest absolute Gasteiger partial charge is 0.378 e. The molecule has 0 aliphatic carbocycles. The van der Waals surface area contributed by atoms with Gasteiger partial charge in [0.2, 0.25) is 0 Å². The quantitative estimate of drug-likeness (QED) is 0.632. The zero-order valence-corrected chi connectivity index (χ0v) is 11.6. The van der Waals surface area contributed by atoms with Crippen molar-refractivity contribution in [1.29, 1.82) is 0 Å². The van der Waals surface area contributed by atoms with Gasteiger partial charge in [0.1, 0.15) is 0 Å². The van der Waals surface area contributed by atoms with Crippen LogP contribution in [-0.4, -0.2) is 47.2 Å². The number of hydrogen-bond acceptors (Lipinski definition) is 6. The molecular formula is C14H13N3O5. The molecule has 22 heavy (non-hydrogen) atoms. The number of benzene rings is 1. The van der Waals surface area contributed by atoms with Crippen LogP contribution in [-0.2, 0) is 4.74 Å². The number of morpholine rings is 1. The fourth-order valence-electron chi connectivity index (χ4n) is 2.29. The highest BCUT2D eigenvalue weighted by atomic mass is 16.6. The monoisotopic (exact) mass is 303 g/mol. The second-order valence-electron chi connectivity index (χ2n) is 4.74. The van der Waals surface area contributed by atoms with Crippen LogP contribution in [0.15, 0.2) is 34.9 Å². The first-order valence-corrected chi connectivity index (χ1v) is 6.75. The van der Waals surface area contributed by atoms with E-state index >= 15 is 0 Å². The summed E-state index contributed by atoms with van der Waals surface area (Å²) >= 11 is 0. The first-order valence-electron chi connectivity index (χ1n) is 6.75. The van der Waals surface area contributed by atoms with Crippen molar-refractivity contribution in [2.45, 2.75) is 0 Å². The maximum Gasteiger partial charge on any atom is 0.349 e. The lowest BCUT2D eigenvalue weighted by molar-refractivity contribution is -0.384. The number of nitro groups is 1. The Bertz CT molecular complexity index is 692. The summed E-state index contributed by atoms with van der Waals surface area (Å²) < 4.78 is 10.2. The van der Waals surface area contributed by atoms with E-state index in [4.69, 9.17) is 9.26 Å². The second-order valence-corrected chi connectivity index (χ2v) is 4.74. The van der Waals surface area contributed by atoms with Gasteiger partial charge in [0.05, 0.1) is 18.1 Å². The smallest absolute Gasteiger partial charge is 0.349 e. The molecule has 1 aliphatic rings. The van der Waals surface area contributed by atoms with Crippen molar-refractivity contribution in [3.05, 3.63) is 46.2 Å². The number of aromatic nitrogens is 1. The summed E-state index contributed by atoms with van der Waals surface area (Å²) in [5.74, 6) is -0.879. The third-order valence-corrected chi connectivity index (χ3v) is 3.39. The maximum absolute atomic E-state index is 12.4. The molecule has 0 unspecified atom stereocenters. The molecule has 0 bridgehead atoms. The van der Waals surface area contributed by atoms with Crippen molar-refractivity contribution >= 4 is 11.6 Å². The van der Waals surface area contributed by atoms with Gasteiger partial charge in [-0.2, -0.15) is 0 Å². The summed E-state index contributed by atoms with van der Waals surface area (Å²) in [6.45, 7) is 1.55. The summed E-state index contributed by atoms with van der Waals surface area (Å²) in [4.78, 5) is 24.6. The van der Waals surface area contributed by atoms with Crippen LogP contribution < -0.4 is 0 Å². The first kappa shape index (κ1) is 14.2. The number of rotatable bonds is 3. The Kier molecular flexibility index (Phi) is 3.84. The number of hydrogen-bond donors (Lipinski definition) is 0. The van der Waals surface area contributed by atoms with Crippen LogP contribution in [0, 0.1) is 10.1 Å². The minimum Gasteiger partial charge on any atom is -0.378 e. The lowest BCUT2D eigenvalue weighted by Gasteiger charge is -2.25. The normalized spacial score (nSPS) is 14.8. The number of carbonyl (C=O) groups is 1. The van der Waals surface area contributed by atoms with E-state index in [-0.39, 0.29) is 11.5 Å². The zero-order valence-electron chi connectivity index (χ0n) is 11.6. The topological polar surface area (TPSA) is 98.7 Å². The summed E-state index contributed by atoms with van der Waals surface area (Å²) in [5.41, 5.74) is 0.184. The second kappa shape index (κ2) is 5.94. The summed E-state index contributed by atoms with van der Waals surface area (Å²) in [5, 5.41) is 15.1. The van der Waals surface area contributed by atoms with Crippen molar-refractivity contribution < 1.29 is 19.0 Å². The van der Waals surface area contributed by atoms with Crippen LogP contribution in [0.25, 0.3) is 11.3 Å². The van der Waals surface area contributed by atoms with Crippen molar-refractivity contribution in [2.75, 3.05) is 26.3 Å². The van der Waals surface area contributed by atoms with Crippen molar-refractivity contribution in [3.8, 4) is 11.3 Å². The molecule has 0 atom stereocenters. The van der Waals surface area contributed by atoms with E-state index in [1.54, 1.807) is 30.3 Å². The van der Waals surface area contributed by atoms with Crippen molar-refractivity contribution in [1.82, 2.24) is 10.1 Å². The molecule has 8 heteroatoms. The minimum absolute atomic E-state index is 0.0576. The van der Waals surface area contributed by atoms with E-state index in [0.717, 1.165) is 0 Å². The van der Waals surface area contributed by atoms with Gasteiger partial charge in [0.25, 0.3) is 5.91 Å². The molecule has 8 nitrogen and oxygen atoms in total. The molecular weight excluding hydrogens is 290 g/mol. The molecule has 0 spiro atoms. The van der Waals surface area contributed by atoms with Gasteiger partial charge >= 0.3 is 11.4 Å². The molecule has 1 aromatic heterocycles. The van der Waals surface area contributed by atoms with E-state index in [1.165, 1.54) is 4.90 Å².